The molecule has 1 aliphatic rings. The number of hydrogen-bond acceptors (Lipinski definition) is 3. The highest BCUT2D eigenvalue weighted by Gasteiger charge is 2.47. The van der Waals surface area contributed by atoms with Gasteiger partial charge in [-0.1, -0.05) is 91.0 Å². The minimum atomic E-state index is -1.19. The number of hydrogen-bond donors (Lipinski definition) is 2. The normalized spacial score (nSPS) is 20.7. The third kappa shape index (κ3) is 3.54. The first-order valence-electron chi connectivity index (χ1n) is 9.47. The Morgan fingerprint density at radius 2 is 1.26 bits per heavy atom. The zero-order valence-electron chi connectivity index (χ0n) is 15.3. The number of benzene rings is 3. The molecule has 27 heavy (non-hydrogen) atoms. The van der Waals surface area contributed by atoms with Gasteiger partial charge in [0.05, 0.1) is 6.10 Å². The number of β-amino-alcohol motifs (C(OH)–C–C–N with tert-alkyl or cyclic N) is 1. The predicted octanol–water partition coefficient (Wildman–Crippen LogP) is 3.56. The molecule has 1 saturated heterocycles. The van der Waals surface area contributed by atoms with E-state index in [0.717, 1.165) is 11.1 Å². The molecule has 3 aromatic rings. The molecule has 2 N–H and O–H groups in total. The van der Waals surface area contributed by atoms with E-state index in [1.165, 1.54) is 5.56 Å². The van der Waals surface area contributed by atoms with Crippen LogP contribution in [0.1, 0.15) is 23.1 Å². The SMILES string of the molecule is OC1CC(C(O)(c2ccccc2)c2ccccc2)N(Cc2ccccc2)C1. The van der Waals surface area contributed by atoms with Crippen LogP contribution in [0, 0.1) is 0 Å². The van der Waals surface area contributed by atoms with Crippen LogP contribution in [0.2, 0.25) is 0 Å². The molecular weight excluding hydrogens is 334 g/mol. The highest BCUT2D eigenvalue weighted by atomic mass is 16.3. The first-order chi connectivity index (χ1) is 13.2. The Morgan fingerprint density at radius 1 is 0.778 bits per heavy atom. The fraction of sp³-hybridized carbons (Fsp3) is 0.250. The Balaban J connectivity index is 1.76. The van der Waals surface area contributed by atoms with Gasteiger partial charge in [0.15, 0.2) is 0 Å². The molecule has 1 heterocycles. The second kappa shape index (κ2) is 7.65. The van der Waals surface area contributed by atoms with Crippen molar-refractivity contribution in [2.75, 3.05) is 6.54 Å². The van der Waals surface area contributed by atoms with Gasteiger partial charge in [0, 0.05) is 19.1 Å². The third-order valence-corrected chi connectivity index (χ3v) is 5.52. The van der Waals surface area contributed by atoms with Gasteiger partial charge < -0.3 is 10.2 Å². The molecule has 0 saturated carbocycles. The molecule has 3 aromatic carbocycles. The lowest BCUT2D eigenvalue weighted by molar-refractivity contribution is -0.00680. The summed E-state index contributed by atoms with van der Waals surface area (Å²) >= 11 is 0. The van der Waals surface area contributed by atoms with Crippen LogP contribution >= 0.6 is 0 Å². The Morgan fingerprint density at radius 3 is 1.78 bits per heavy atom. The van der Waals surface area contributed by atoms with E-state index in [9.17, 15) is 10.2 Å². The smallest absolute Gasteiger partial charge is 0.130 e. The minimum absolute atomic E-state index is 0.211. The lowest BCUT2D eigenvalue weighted by Crippen LogP contribution is -2.48. The van der Waals surface area contributed by atoms with Crippen molar-refractivity contribution in [2.24, 2.45) is 0 Å². The van der Waals surface area contributed by atoms with Crippen LogP contribution in [-0.4, -0.2) is 33.8 Å². The summed E-state index contributed by atoms with van der Waals surface area (Å²) in [7, 11) is 0. The Hall–Kier alpha value is -2.46. The second-order valence-corrected chi connectivity index (χ2v) is 7.32. The van der Waals surface area contributed by atoms with Crippen LogP contribution < -0.4 is 0 Å². The summed E-state index contributed by atoms with van der Waals surface area (Å²) in [5, 5.41) is 22.5. The third-order valence-electron chi connectivity index (χ3n) is 5.52. The topological polar surface area (TPSA) is 43.7 Å². The zero-order valence-corrected chi connectivity index (χ0v) is 15.3. The molecule has 4 rings (SSSR count). The molecule has 0 aliphatic carbocycles. The molecular formula is C24H25NO2. The van der Waals surface area contributed by atoms with Gasteiger partial charge in [-0.05, 0) is 23.1 Å². The van der Waals surface area contributed by atoms with Gasteiger partial charge >= 0.3 is 0 Å². The average molecular weight is 359 g/mol. The maximum Gasteiger partial charge on any atom is 0.130 e. The van der Waals surface area contributed by atoms with Crippen LogP contribution in [0.3, 0.4) is 0 Å². The largest absolute Gasteiger partial charge is 0.392 e. The van der Waals surface area contributed by atoms with E-state index < -0.39 is 11.7 Å². The van der Waals surface area contributed by atoms with Crippen LogP contribution in [0.5, 0.6) is 0 Å². The number of nitrogens with zero attached hydrogens (tertiary/aromatic N) is 1. The van der Waals surface area contributed by atoms with Crippen molar-refractivity contribution in [1.29, 1.82) is 0 Å². The monoisotopic (exact) mass is 359 g/mol. The standard InChI is InChI=1S/C24H25NO2/c26-22-16-23(25(18-22)17-19-10-4-1-5-11-19)24(27,20-12-6-2-7-13-20)21-14-8-3-9-15-21/h1-15,22-23,26-27H,16-18H2. The average Bonchev–Trinajstić information content (AvgIpc) is 3.10. The van der Waals surface area contributed by atoms with Crippen molar-refractivity contribution >= 4 is 0 Å². The van der Waals surface area contributed by atoms with Crippen LogP contribution in [0.25, 0.3) is 0 Å². The van der Waals surface area contributed by atoms with E-state index >= 15 is 0 Å². The van der Waals surface area contributed by atoms with Crippen molar-refractivity contribution in [1.82, 2.24) is 4.90 Å². The van der Waals surface area contributed by atoms with Crippen molar-refractivity contribution in [3.63, 3.8) is 0 Å². The van der Waals surface area contributed by atoms with Gasteiger partial charge in [-0.25, -0.2) is 0 Å². The molecule has 3 heteroatoms. The summed E-state index contributed by atoms with van der Waals surface area (Å²) in [6.45, 7) is 1.26. The van der Waals surface area contributed by atoms with Gasteiger partial charge in [-0.15, -0.1) is 0 Å². The molecule has 0 amide bonds. The predicted molar refractivity (Wildman–Crippen MR) is 107 cm³/mol. The van der Waals surface area contributed by atoms with Gasteiger partial charge in [0.2, 0.25) is 0 Å². The molecule has 0 aromatic heterocycles. The van der Waals surface area contributed by atoms with E-state index in [1.54, 1.807) is 0 Å². The molecule has 0 radical (unpaired) electrons. The fourth-order valence-electron chi connectivity index (χ4n) is 4.24. The highest BCUT2D eigenvalue weighted by Crippen LogP contribution is 2.40. The molecule has 0 bridgehead atoms. The fourth-order valence-corrected chi connectivity index (χ4v) is 4.24. The molecule has 3 nitrogen and oxygen atoms in total. The molecule has 0 spiro atoms. The van der Waals surface area contributed by atoms with E-state index in [-0.39, 0.29) is 6.04 Å². The molecule has 2 atom stereocenters. The van der Waals surface area contributed by atoms with Gasteiger partial charge in [-0.2, -0.15) is 0 Å². The molecule has 1 fully saturated rings. The van der Waals surface area contributed by atoms with E-state index in [2.05, 4.69) is 17.0 Å². The number of aliphatic hydroxyl groups excluding tert-OH is 1. The van der Waals surface area contributed by atoms with Gasteiger partial charge in [0.25, 0.3) is 0 Å². The van der Waals surface area contributed by atoms with Gasteiger partial charge in [-0.3, -0.25) is 4.90 Å². The highest BCUT2D eigenvalue weighted by molar-refractivity contribution is 5.39. The Labute approximate surface area is 160 Å². The second-order valence-electron chi connectivity index (χ2n) is 7.32. The Kier molecular flexibility index (Phi) is 5.08. The summed E-state index contributed by atoms with van der Waals surface area (Å²) in [5.41, 5.74) is 1.70. The lowest BCUT2D eigenvalue weighted by atomic mass is 9.79. The first kappa shape index (κ1) is 17.9. The summed E-state index contributed by atoms with van der Waals surface area (Å²) in [6, 6.07) is 29.6. The van der Waals surface area contributed by atoms with Crippen molar-refractivity contribution in [2.45, 2.75) is 30.7 Å². The number of rotatable bonds is 5. The molecule has 1 aliphatic heterocycles. The number of likely N-dealkylation sites (tertiary alicyclic amines) is 1. The molecule has 2 unspecified atom stereocenters. The summed E-state index contributed by atoms with van der Waals surface area (Å²) in [6.07, 6.45) is 0.0882. The van der Waals surface area contributed by atoms with Crippen LogP contribution in [-0.2, 0) is 12.1 Å². The zero-order chi connectivity index (χ0) is 18.7. The van der Waals surface area contributed by atoms with Crippen LogP contribution in [0.15, 0.2) is 91.0 Å². The minimum Gasteiger partial charge on any atom is -0.392 e. The van der Waals surface area contributed by atoms with Crippen molar-refractivity contribution in [3.8, 4) is 0 Å². The first-order valence-corrected chi connectivity index (χ1v) is 9.47. The summed E-state index contributed by atoms with van der Waals surface area (Å²) in [4.78, 5) is 2.21. The number of aliphatic hydroxyl groups is 2. The quantitative estimate of drug-likeness (QED) is 0.732. The maximum atomic E-state index is 12.1. The van der Waals surface area contributed by atoms with E-state index in [4.69, 9.17) is 0 Å². The van der Waals surface area contributed by atoms with E-state index in [1.807, 2.05) is 78.9 Å². The van der Waals surface area contributed by atoms with Crippen LogP contribution in [0.4, 0.5) is 0 Å². The van der Waals surface area contributed by atoms with Gasteiger partial charge in [0.1, 0.15) is 5.60 Å². The summed E-state index contributed by atoms with van der Waals surface area (Å²) in [5.74, 6) is 0. The summed E-state index contributed by atoms with van der Waals surface area (Å²) < 4.78 is 0. The molecule has 138 valence electrons. The van der Waals surface area contributed by atoms with Crippen molar-refractivity contribution < 1.29 is 10.2 Å². The lowest BCUT2D eigenvalue weighted by Gasteiger charge is -2.40. The maximum absolute atomic E-state index is 12.1. The van der Waals surface area contributed by atoms with E-state index in [0.29, 0.717) is 19.5 Å². The Bertz CT molecular complexity index is 812. The van der Waals surface area contributed by atoms with Crippen molar-refractivity contribution in [3.05, 3.63) is 108 Å².